The van der Waals surface area contributed by atoms with Crippen molar-refractivity contribution in [3.63, 3.8) is 0 Å². The molecule has 0 bridgehead atoms. The molecule has 0 unspecified atom stereocenters. The Kier molecular flexibility index (Phi) is 11.4. The largest absolute Gasteiger partial charge is 0.329 e. The summed E-state index contributed by atoms with van der Waals surface area (Å²) < 4.78 is 1.72. The minimum atomic E-state index is -0.0536. The summed E-state index contributed by atoms with van der Waals surface area (Å²) in [4.78, 5) is 14.6. The molecule has 28 heavy (non-hydrogen) atoms. The van der Waals surface area contributed by atoms with E-state index in [1.165, 1.54) is 5.56 Å². The number of amides is 1. The standard InChI is InChI=1S/C20H31N5O.2ClH/c1-20(2,3)17-14-18(24(4)23-17)22-19(26)15-25(13-11-21)12-10-16-8-6-5-7-9-16;;/h5-9,14H,10-13,15,21H2,1-4H3,(H,22,26);2*1H. The highest BCUT2D eigenvalue weighted by Gasteiger charge is 2.20. The first-order valence-corrected chi connectivity index (χ1v) is 9.10. The van der Waals surface area contributed by atoms with E-state index in [1.54, 1.807) is 4.68 Å². The van der Waals surface area contributed by atoms with Gasteiger partial charge in [-0.2, -0.15) is 5.10 Å². The van der Waals surface area contributed by atoms with Crippen LogP contribution < -0.4 is 11.1 Å². The highest BCUT2D eigenvalue weighted by atomic mass is 35.5. The zero-order chi connectivity index (χ0) is 19.2. The predicted octanol–water partition coefficient (Wildman–Crippen LogP) is 3.00. The van der Waals surface area contributed by atoms with E-state index in [9.17, 15) is 4.79 Å². The first-order valence-electron chi connectivity index (χ1n) is 9.10. The summed E-state index contributed by atoms with van der Waals surface area (Å²) in [6.45, 7) is 8.66. The third-order valence-electron chi connectivity index (χ3n) is 4.29. The highest BCUT2D eigenvalue weighted by Crippen LogP contribution is 2.23. The minimum absolute atomic E-state index is 0. The number of halogens is 2. The van der Waals surface area contributed by atoms with E-state index >= 15 is 0 Å². The van der Waals surface area contributed by atoms with E-state index in [4.69, 9.17) is 5.73 Å². The van der Waals surface area contributed by atoms with Crippen molar-refractivity contribution < 1.29 is 4.79 Å². The van der Waals surface area contributed by atoms with Gasteiger partial charge in [-0.05, 0) is 12.0 Å². The fourth-order valence-electron chi connectivity index (χ4n) is 2.72. The number of aromatic nitrogens is 2. The molecule has 6 nitrogen and oxygen atoms in total. The van der Waals surface area contributed by atoms with Crippen LogP contribution in [-0.2, 0) is 23.7 Å². The number of benzene rings is 1. The SMILES string of the molecule is Cl.Cl.Cn1nc(C(C)(C)C)cc1NC(=O)CN(CCN)CCc1ccccc1. The lowest BCUT2D eigenvalue weighted by atomic mass is 9.92. The van der Waals surface area contributed by atoms with Gasteiger partial charge in [0.2, 0.25) is 5.91 Å². The zero-order valence-corrected chi connectivity index (χ0v) is 18.8. The van der Waals surface area contributed by atoms with Gasteiger partial charge in [0.05, 0.1) is 12.2 Å². The molecule has 0 saturated carbocycles. The van der Waals surface area contributed by atoms with Gasteiger partial charge >= 0.3 is 0 Å². The second kappa shape index (κ2) is 12.1. The van der Waals surface area contributed by atoms with Crippen LogP contribution in [0.1, 0.15) is 32.0 Å². The first-order chi connectivity index (χ1) is 12.3. The van der Waals surface area contributed by atoms with E-state index in [0.717, 1.165) is 24.5 Å². The van der Waals surface area contributed by atoms with Crippen LogP contribution in [0.25, 0.3) is 0 Å². The molecule has 0 saturated heterocycles. The van der Waals surface area contributed by atoms with Gasteiger partial charge in [-0.1, -0.05) is 51.1 Å². The summed E-state index contributed by atoms with van der Waals surface area (Å²) in [5, 5.41) is 7.46. The van der Waals surface area contributed by atoms with Gasteiger partial charge in [0.15, 0.2) is 0 Å². The maximum Gasteiger partial charge on any atom is 0.239 e. The van der Waals surface area contributed by atoms with Crippen molar-refractivity contribution in [2.45, 2.75) is 32.6 Å². The third kappa shape index (κ3) is 8.19. The number of nitrogens with two attached hydrogens (primary N) is 1. The lowest BCUT2D eigenvalue weighted by Gasteiger charge is -2.21. The number of hydrogen-bond acceptors (Lipinski definition) is 4. The molecule has 1 amide bonds. The molecule has 0 aliphatic heterocycles. The fraction of sp³-hybridized carbons (Fsp3) is 0.500. The van der Waals surface area contributed by atoms with Crippen molar-refractivity contribution in [2.75, 3.05) is 31.5 Å². The molecule has 2 aromatic rings. The Hall–Kier alpha value is -1.60. The molecule has 0 atom stereocenters. The van der Waals surface area contributed by atoms with Crippen LogP contribution in [0, 0.1) is 0 Å². The average Bonchev–Trinajstić information content (AvgIpc) is 2.95. The average molecular weight is 430 g/mol. The molecular weight excluding hydrogens is 397 g/mol. The molecule has 0 spiro atoms. The van der Waals surface area contributed by atoms with Crippen LogP contribution in [0.5, 0.6) is 0 Å². The van der Waals surface area contributed by atoms with E-state index < -0.39 is 0 Å². The zero-order valence-electron chi connectivity index (χ0n) is 17.1. The number of carbonyl (C=O) groups is 1. The smallest absolute Gasteiger partial charge is 0.239 e. The molecule has 1 aromatic heterocycles. The maximum atomic E-state index is 12.5. The molecule has 0 radical (unpaired) electrons. The van der Waals surface area contributed by atoms with E-state index in [0.29, 0.717) is 19.6 Å². The maximum absolute atomic E-state index is 12.5. The van der Waals surface area contributed by atoms with Crippen molar-refractivity contribution in [3.05, 3.63) is 47.7 Å². The van der Waals surface area contributed by atoms with Crippen LogP contribution in [0.15, 0.2) is 36.4 Å². The summed E-state index contributed by atoms with van der Waals surface area (Å²) in [5.74, 6) is 0.672. The number of nitrogens with one attached hydrogen (secondary N) is 1. The van der Waals surface area contributed by atoms with Crippen molar-refractivity contribution >= 4 is 36.5 Å². The molecule has 3 N–H and O–H groups in total. The van der Waals surface area contributed by atoms with Crippen molar-refractivity contribution in [2.24, 2.45) is 12.8 Å². The normalized spacial score (nSPS) is 10.9. The molecular formula is C20H33Cl2N5O. The molecule has 8 heteroatoms. The van der Waals surface area contributed by atoms with Crippen molar-refractivity contribution in [1.29, 1.82) is 0 Å². The number of anilines is 1. The van der Waals surface area contributed by atoms with Crippen LogP contribution in [0.2, 0.25) is 0 Å². The quantitative estimate of drug-likeness (QED) is 0.675. The number of hydrogen-bond donors (Lipinski definition) is 2. The Morgan fingerprint density at radius 1 is 1.18 bits per heavy atom. The topological polar surface area (TPSA) is 76.2 Å². The minimum Gasteiger partial charge on any atom is -0.329 e. The van der Waals surface area contributed by atoms with Crippen molar-refractivity contribution in [3.8, 4) is 0 Å². The second-order valence-electron chi connectivity index (χ2n) is 7.64. The molecule has 158 valence electrons. The Morgan fingerprint density at radius 3 is 2.36 bits per heavy atom. The summed E-state index contributed by atoms with van der Waals surface area (Å²) in [6.07, 6.45) is 0.897. The molecule has 2 rings (SSSR count). The van der Waals surface area contributed by atoms with Gasteiger partial charge in [-0.3, -0.25) is 14.4 Å². The fourth-order valence-corrected chi connectivity index (χ4v) is 2.72. The number of nitrogens with zero attached hydrogens (tertiary/aromatic N) is 3. The van der Waals surface area contributed by atoms with Crippen LogP contribution in [-0.4, -0.2) is 46.8 Å². The van der Waals surface area contributed by atoms with Gasteiger partial charge in [-0.15, -0.1) is 24.8 Å². The lowest BCUT2D eigenvalue weighted by molar-refractivity contribution is -0.117. The Labute approximate surface area is 180 Å². The van der Waals surface area contributed by atoms with E-state index in [-0.39, 0.29) is 36.1 Å². The lowest BCUT2D eigenvalue weighted by Crippen LogP contribution is -2.38. The van der Waals surface area contributed by atoms with Gasteiger partial charge in [0, 0.05) is 38.2 Å². The van der Waals surface area contributed by atoms with Gasteiger partial charge in [0.25, 0.3) is 0 Å². The Bertz CT molecular complexity index is 713. The Balaban J connectivity index is 0.00000364. The van der Waals surface area contributed by atoms with Crippen LogP contribution in [0.3, 0.4) is 0 Å². The molecule has 1 heterocycles. The molecule has 0 aliphatic carbocycles. The number of aryl methyl sites for hydroxylation is 1. The summed E-state index contributed by atoms with van der Waals surface area (Å²) in [7, 11) is 1.85. The third-order valence-corrected chi connectivity index (χ3v) is 4.29. The van der Waals surface area contributed by atoms with E-state index in [1.807, 2.05) is 31.3 Å². The van der Waals surface area contributed by atoms with Crippen LogP contribution in [0.4, 0.5) is 5.82 Å². The van der Waals surface area contributed by atoms with Crippen LogP contribution >= 0.6 is 24.8 Å². The summed E-state index contributed by atoms with van der Waals surface area (Å²) in [6, 6.07) is 12.2. The second-order valence-corrected chi connectivity index (χ2v) is 7.64. The summed E-state index contributed by atoms with van der Waals surface area (Å²) in [5.41, 5.74) is 7.88. The number of carbonyl (C=O) groups excluding carboxylic acids is 1. The summed E-state index contributed by atoms with van der Waals surface area (Å²) >= 11 is 0. The molecule has 0 aliphatic rings. The van der Waals surface area contributed by atoms with E-state index in [2.05, 4.69) is 48.2 Å². The number of rotatable bonds is 8. The van der Waals surface area contributed by atoms with Crippen molar-refractivity contribution in [1.82, 2.24) is 14.7 Å². The highest BCUT2D eigenvalue weighted by molar-refractivity contribution is 5.91. The Morgan fingerprint density at radius 2 is 1.82 bits per heavy atom. The monoisotopic (exact) mass is 429 g/mol. The predicted molar refractivity (Wildman–Crippen MR) is 121 cm³/mol. The first kappa shape index (κ1) is 26.4. The van der Waals surface area contributed by atoms with Gasteiger partial charge < -0.3 is 11.1 Å². The van der Waals surface area contributed by atoms with Gasteiger partial charge in [0.1, 0.15) is 5.82 Å². The molecule has 0 fully saturated rings. The molecule has 1 aromatic carbocycles. The van der Waals surface area contributed by atoms with Gasteiger partial charge in [-0.25, -0.2) is 0 Å².